The molecule has 1 amide bonds. The molecule has 1 saturated heterocycles. The molecule has 0 bridgehead atoms. The molecule has 28 heavy (non-hydrogen) atoms. The predicted molar refractivity (Wildman–Crippen MR) is 98.1 cm³/mol. The second-order valence-electron chi connectivity index (χ2n) is 6.04. The van der Waals surface area contributed by atoms with Gasteiger partial charge in [0.1, 0.15) is 0 Å². The molecule has 1 aromatic carbocycles. The van der Waals surface area contributed by atoms with Crippen molar-refractivity contribution in [2.75, 3.05) is 18.5 Å². The van der Waals surface area contributed by atoms with Gasteiger partial charge in [-0.05, 0) is 25.0 Å². The van der Waals surface area contributed by atoms with Crippen molar-refractivity contribution in [2.24, 2.45) is 0 Å². The van der Waals surface area contributed by atoms with Crippen molar-refractivity contribution in [3.63, 3.8) is 0 Å². The lowest BCUT2D eigenvalue weighted by Gasteiger charge is -2.23. The highest BCUT2D eigenvalue weighted by molar-refractivity contribution is 6.43. The third kappa shape index (κ3) is 4.84. The summed E-state index contributed by atoms with van der Waals surface area (Å²) in [6, 6.07) is 4.35. The molecule has 1 aliphatic rings. The molecule has 2 aromatic rings. The maximum atomic E-state index is 13.5. The summed E-state index contributed by atoms with van der Waals surface area (Å²) in [4.78, 5) is 19.7. The number of aromatic nitrogens is 2. The summed E-state index contributed by atoms with van der Waals surface area (Å²) < 4.78 is 45.6. The highest BCUT2D eigenvalue weighted by Gasteiger charge is 2.38. The van der Waals surface area contributed by atoms with Gasteiger partial charge in [0.05, 0.1) is 21.3 Å². The number of rotatable bonds is 4. The van der Waals surface area contributed by atoms with E-state index in [9.17, 15) is 18.0 Å². The van der Waals surface area contributed by atoms with Crippen molar-refractivity contribution < 1.29 is 22.7 Å². The number of alkyl halides is 3. The lowest BCUT2D eigenvalue weighted by molar-refractivity contribution is -0.141. The summed E-state index contributed by atoms with van der Waals surface area (Å²) in [6.07, 6.45) is -2.95. The van der Waals surface area contributed by atoms with Crippen LogP contribution in [-0.2, 0) is 10.9 Å². The molecule has 0 aliphatic carbocycles. The van der Waals surface area contributed by atoms with Gasteiger partial charge in [-0.15, -0.1) is 0 Å². The van der Waals surface area contributed by atoms with E-state index < -0.39 is 23.3 Å². The fourth-order valence-corrected chi connectivity index (χ4v) is 3.00. The quantitative estimate of drug-likeness (QED) is 0.742. The molecule has 1 fully saturated rings. The summed E-state index contributed by atoms with van der Waals surface area (Å²) in [6.45, 7) is 0.883. The number of hydrogen-bond acceptors (Lipinski definition) is 5. The summed E-state index contributed by atoms with van der Waals surface area (Å²) in [7, 11) is 0. The zero-order chi connectivity index (χ0) is 20.3. The topological polar surface area (TPSA) is 76.1 Å². The molecule has 1 aliphatic heterocycles. The van der Waals surface area contributed by atoms with Crippen LogP contribution in [0.2, 0.25) is 10.0 Å². The van der Waals surface area contributed by atoms with Gasteiger partial charge in [0.15, 0.2) is 5.69 Å². The molecule has 0 unspecified atom stereocenters. The Kier molecular flexibility index (Phi) is 6.26. The van der Waals surface area contributed by atoms with Crippen LogP contribution in [0, 0.1) is 0 Å². The average Bonchev–Trinajstić information content (AvgIpc) is 2.65. The van der Waals surface area contributed by atoms with Gasteiger partial charge in [-0.2, -0.15) is 13.2 Å². The lowest BCUT2D eigenvalue weighted by atomic mass is 10.1. The highest BCUT2D eigenvalue weighted by Crippen LogP contribution is 2.33. The van der Waals surface area contributed by atoms with Gasteiger partial charge in [-0.1, -0.05) is 29.3 Å². The largest absolute Gasteiger partial charge is 0.434 e. The maximum absolute atomic E-state index is 13.5. The zero-order valence-corrected chi connectivity index (χ0v) is 15.8. The first kappa shape index (κ1) is 20.6. The molecular formula is C17H15Cl2F3N4O2. The number of benzene rings is 1. The van der Waals surface area contributed by atoms with Crippen LogP contribution in [0.5, 0.6) is 0 Å². The smallest absolute Gasteiger partial charge is 0.381 e. The fraction of sp³-hybridized carbons (Fsp3) is 0.353. The summed E-state index contributed by atoms with van der Waals surface area (Å²) in [5.74, 6) is -1.24. The van der Waals surface area contributed by atoms with E-state index in [4.69, 9.17) is 27.9 Å². The first-order chi connectivity index (χ1) is 13.3. The lowest BCUT2D eigenvalue weighted by Crippen LogP contribution is -2.39. The third-order valence-corrected chi connectivity index (χ3v) is 4.88. The van der Waals surface area contributed by atoms with Crippen LogP contribution in [0.1, 0.15) is 28.9 Å². The molecule has 2 heterocycles. The fourth-order valence-electron chi connectivity index (χ4n) is 2.65. The van der Waals surface area contributed by atoms with Crippen LogP contribution in [0.4, 0.5) is 24.8 Å². The van der Waals surface area contributed by atoms with E-state index in [2.05, 4.69) is 20.6 Å². The number of carbonyl (C=O) groups is 1. The number of hydrogen-bond donors (Lipinski definition) is 2. The van der Waals surface area contributed by atoms with Gasteiger partial charge in [0, 0.05) is 25.5 Å². The molecular weight excluding hydrogens is 420 g/mol. The number of nitrogens with one attached hydrogen (secondary N) is 2. The second kappa shape index (κ2) is 8.50. The third-order valence-electron chi connectivity index (χ3n) is 4.06. The van der Waals surface area contributed by atoms with E-state index in [-0.39, 0.29) is 27.7 Å². The standard InChI is InChI=1S/C17H15Cl2F3N4O2/c18-11-2-1-3-12(13(11)19)25-16-23-8-10(14(26-16)17(20,21)22)15(27)24-9-4-6-28-7-5-9/h1-3,8-9H,4-7H2,(H,24,27)(H,23,25,26). The van der Waals surface area contributed by atoms with Gasteiger partial charge in [0.2, 0.25) is 5.95 Å². The minimum Gasteiger partial charge on any atom is -0.381 e. The van der Waals surface area contributed by atoms with Crippen molar-refractivity contribution >= 4 is 40.7 Å². The molecule has 2 N–H and O–H groups in total. The molecule has 0 atom stereocenters. The second-order valence-corrected chi connectivity index (χ2v) is 6.83. The van der Waals surface area contributed by atoms with Gasteiger partial charge < -0.3 is 15.4 Å². The molecule has 0 radical (unpaired) electrons. The first-order valence-corrected chi connectivity index (χ1v) is 9.05. The summed E-state index contributed by atoms with van der Waals surface area (Å²) in [5.41, 5.74) is -1.75. The van der Waals surface area contributed by atoms with Crippen LogP contribution in [-0.4, -0.2) is 35.1 Å². The molecule has 1 aromatic heterocycles. The van der Waals surface area contributed by atoms with Crippen molar-refractivity contribution in [1.29, 1.82) is 0 Å². The number of nitrogens with zero attached hydrogens (tertiary/aromatic N) is 2. The number of halogens is 5. The van der Waals surface area contributed by atoms with E-state index in [1.807, 2.05) is 0 Å². The zero-order valence-electron chi connectivity index (χ0n) is 14.3. The Morgan fingerprint density at radius 3 is 2.61 bits per heavy atom. The number of ether oxygens (including phenoxy) is 1. The summed E-state index contributed by atoms with van der Waals surface area (Å²) >= 11 is 11.9. The number of amides is 1. The Hall–Kier alpha value is -2.10. The van der Waals surface area contributed by atoms with Gasteiger partial charge in [0.25, 0.3) is 5.91 Å². The van der Waals surface area contributed by atoms with Crippen molar-refractivity contribution in [2.45, 2.75) is 25.1 Å². The predicted octanol–water partition coefficient (Wildman–Crippen LogP) is 4.45. The Morgan fingerprint density at radius 1 is 1.21 bits per heavy atom. The van der Waals surface area contributed by atoms with Crippen LogP contribution >= 0.6 is 23.2 Å². The summed E-state index contributed by atoms with van der Waals surface area (Å²) in [5, 5.41) is 5.49. The Labute approximate surface area is 168 Å². The number of anilines is 2. The molecule has 3 rings (SSSR count). The first-order valence-electron chi connectivity index (χ1n) is 8.29. The molecule has 6 nitrogen and oxygen atoms in total. The van der Waals surface area contributed by atoms with E-state index in [1.54, 1.807) is 6.07 Å². The number of carbonyl (C=O) groups excluding carboxylic acids is 1. The van der Waals surface area contributed by atoms with Crippen LogP contribution in [0.3, 0.4) is 0 Å². The minimum atomic E-state index is -4.85. The van der Waals surface area contributed by atoms with Crippen LogP contribution in [0.25, 0.3) is 0 Å². The van der Waals surface area contributed by atoms with E-state index >= 15 is 0 Å². The van der Waals surface area contributed by atoms with E-state index in [1.165, 1.54) is 12.1 Å². The van der Waals surface area contributed by atoms with Gasteiger partial charge in [-0.3, -0.25) is 4.79 Å². The van der Waals surface area contributed by atoms with Gasteiger partial charge >= 0.3 is 6.18 Å². The monoisotopic (exact) mass is 434 g/mol. The van der Waals surface area contributed by atoms with Crippen LogP contribution < -0.4 is 10.6 Å². The van der Waals surface area contributed by atoms with Crippen molar-refractivity contribution in [3.8, 4) is 0 Å². The SMILES string of the molecule is O=C(NC1CCOCC1)c1cnc(Nc2cccc(Cl)c2Cl)nc1C(F)(F)F. The maximum Gasteiger partial charge on any atom is 0.434 e. The van der Waals surface area contributed by atoms with Crippen LogP contribution in [0.15, 0.2) is 24.4 Å². The van der Waals surface area contributed by atoms with Crippen molar-refractivity contribution in [3.05, 3.63) is 45.7 Å². The Bertz CT molecular complexity index is 874. The van der Waals surface area contributed by atoms with Crippen molar-refractivity contribution in [1.82, 2.24) is 15.3 Å². The molecule has 150 valence electrons. The van der Waals surface area contributed by atoms with Gasteiger partial charge in [-0.25, -0.2) is 9.97 Å². The Balaban J connectivity index is 1.87. The van der Waals surface area contributed by atoms with E-state index in [0.717, 1.165) is 6.20 Å². The molecule has 0 saturated carbocycles. The van der Waals surface area contributed by atoms with E-state index in [0.29, 0.717) is 26.1 Å². The normalized spacial score (nSPS) is 15.3. The molecule has 11 heteroatoms. The molecule has 0 spiro atoms. The average molecular weight is 435 g/mol. The Morgan fingerprint density at radius 2 is 1.93 bits per heavy atom. The highest BCUT2D eigenvalue weighted by atomic mass is 35.5. The minimum absolute atomic E-state index is 0.114.